The Morgan fingerprint density at radius 1 is 1.42 bits per heavy atom. The summed E-state index contributed by atoms with van der Waals surface area (Å²) in [6.07, 6.45) is 3.85. The number of hydrogen-bond acceptors (Lipinski definition) is 4. The van der Waals surface area contributed by atoms with Crippen LogP contribution in [0.2, 0.25) is 0 Å². The number of carbonyl (C=O) groups is 1. The summed E-state index contributed by atoms with van der Waals surface area (Å²) in [4.78, 5) is 11.8. The molecule has 1 aromatic rings. The van der Waals surface area contributed by atoms with E-state index in [-0.39, 0.29) is 11.3 Å². The van der Waals surface area contributed by atoms with Gasteiger partial charge in [-0.15, -0.1) is 5.10 Å². The Morgan fingerprint density at radius 2 is 2.16 bits per heavy atom. The number of nitrogens with one attached hydrogen (secondary N) is 1. The zero-order chi connectivity index (χ0) is 14.3. The van der Waals surface area contributed by atoms with Gasteiger partial charge in [-0.2, -0.15) is 5.10 Å². The number of rotatable bonds is 6. The molecule has 0 aromatic carbocycles. The Labute approximate surface area is 115 Å². The van der Waals surface area contributed by atoms with Crippen molar-refractivity contribution in [3.8, 4) is 0 Å². The van der Waals surface area contributed by atoms with Crippen molar-refractivity contribution in [1.29, 1.82) is 0 Å². The molecule has 1 atom stereocenters. The van der Waals surface area contributed by atoms with E-state index in [1.54, 1.807) is 18.3 Å². The average molecular weight is 264 g/mol. The fourth-order valence-electron chi connectivity index (χ4n) is 2.09. The number of anilines is 1. The molecule has 0 radical (unpaired) electrons. The minimum absolute atomic E-state index is 0.0215. The molecule has 1 unspecified atom stereocenters. The number of nitrogens with two attached hydrogens (primary N) is 1. The van der Waals surface area contributed by atoms with E-state index in [1.165, 1.54) is 0 Å². The standard InChI is InChI=1S/C14H24N4O/c1-14(2,3)11(8-9-15)6-7-13(19)17-12-5-4-10-16-18-12/h4-5,10-11H,6-9,15H2,1-3H3,(H,17,18,19). The lowest BCUT2D eigenvalue weighted by atomic mass is 9.76. The first-order chi connectivity index (χ1) is 8.93. The molecule has 3 N–H and O–H groups in total. The van der Waals surface area contributed by atoms with Crippen molar-refractivity contribution in [2.24, 2.45) is 17.1 Å². The van der Waals surface area contributed by atoms with E-state index in [9.17, 15) is 4.79 Å². The molecule has 1 heterocycles. The highest BCUT2D eigenvalue weighted by atomic mass is 16.1. The minimum Gasteiger partial charge on any atom is -0.330 e. The first-order valence-electron chi connectivity index (χ1n) is 6.71. The van der Waals surface area contributed by atoms with E-state index in [2.05, 4.69) is 36.3 Å². The van der Waals surface area contributed by atoms with Gasteiger partial charge in [-0.25, -0.2) is 0 Å². The smallest absolute Gasteiger partial charge is 0.225 e. The molecule has 0 fully saturated rings. The fourth-order valence-corrected chi connectivity index (χ4v) is 2.09. The van der Waals surface area contributed by atoms with Crippen molar-refractivity contribution in [1.82, 2.24) is 10.2 Å². The van der Waals surface area contributed by atoms with Gasteiger partial charge in [0.05, 0.1) is 0 Å². The Bertz CT molecular complexity index is 386. The van der Waals surface area contributed by atoms with Gasteiger partial charge >= 0.3 is 0 Å². The predicted octanol–water partition coefficient (Wildman–Crippen LogP) is 2.21. The van der Waals surface area contributed by atoms with Gasteiger partial charge in [-0.3, -0.25) is 4.79 Å². The second-order valence-electron chi connectivity index (χ2n) is 5.84. The number of carbonyl (C=O) groups excluding carboxylic acids is 1. The number of amides is 1. The van der Waals surface area contributed by atoms with Crippen LogP contribution in [0, 0.1) is 11.3 Å². The van der Waals surface area contributed by atoms with Crippen LogP contribution >= 0.6 is 0 Å². The molecule has 0 saturated carbocycles. The number of hydrogen-bond donors (Lipinski definition) is 2. The third kappa shape index (κ3) is 5.79. The zero-order valence-corrected chi connectivity index (χ0v) is 12.0. The zero-order valence-electron chi connectivity index (χ0n) is 12.0. The predicted molar refractivity (Wildman–Crippen MR) is 76.5 cm³/mol. The van der Waals surface area contributed by atoms with E-state index in [0.717, 1.165) is 12.8 Å². The molecule has 19 heavy (non-hydrogen) atoms. The molecule has 1 amide bonds. The summed E-state index contributed by atoms with van der Waals surface area (Å²) in [5.41, 5.74) is 5.81. The molecule has 0 saturated heterocycles. The maximum atomic E-state index is 11.8. The van der Waals surface area contributed by atoms with Gasteiger partial charge in [0.15, 0.2) is 5.82 Å². The maximum Gasteiger partial charge on any atom is 0.225 e. The van der Waals surface area contributed by atoms with Crippen molar-refractivity contribution < 1.29 is 4.79 Å². The summed E-state index contributed by atoms with van der Waals surface area (Å²) in [5, 5.41) is 10.3. The first-order valence-corrected chi connectivity index (χ1v) is 6.71. The highest BCUT2D eigenvalue weighted by molar-refractivity contribution is 5.89. The van der Waals surface area contributed by atoms with Crippen LogP contribution in [0.5, 0.6) is 0 Å². The second kappa shape index (κ2) is 7.19. The van der Waals surface area contributed by atoms with Gasteiger partial charge in [0.2, 0.25) is 5.91 Å². The molecule has 1 rings (SSSR count). The molecule has 1 aromatic heterocycles. The summed E-state index contributed by atoms with van der Waals surface area (Å²) in [7, 11) is 0. The lowest BCUT2D eigenvalue weighted by molar-refractivity contribution is -0.116. The molecule has 5 nitrogen and oxygen atoms in total. The summed E-state index contributed by atoms with van der Waals surface area (Å²) >= 11 is 0. The van der Waals surface area contributed by atoms with Crippen LogP contribution < -0.4 is 11.1 Å². The number of aromatic nitrogens is 2. The van der Waals surface area contributed by atoms with Gasteiger partial charge in [-0.05, 0) is 42.9 Å². The van der Waals surface area contributed by atoms with E-state index in [4.69, 9.17) is 5.73 Å². The Morgan fingerprint density at radius 3 is 2.68 bits per heavy atom. The first kappa shape index (κ1) is 15.6. The normalized spacial score (nSPS) is 13.1. The maximum absolute atomic E-state index is 11.8. The van der Waals surface area contributed by atoms with Crippen LogP contribution in [0.15, 0.2) is 18.3 Å². The molecule has 0 aliphatic carbocycles. The summed E-state index contributed by atoms with van der Waals surface area (Å²) < 4.78 is 0. The van der Waals surface area contributed by atoms with E-state index in [1.807, 2.05) is 0 Å². The van der Waals surface area contributed by atoms with Crippen LogP contribution in [0.25, 0.3) is 0 Å². The Hall–Kier alpha value is -1.49. The fraction of sp³-hybridized carbons (Fsp3) is 0.643. The third-order valence-electron chi connectivity index (χ3n) is 3.30. The summed E-state index contributed by atoms with van der Waals surface area (Å²) in [6, 6.07) is 3.47. The molecule has 0 aliphatic rings. The lowest BCUT2D eigenvalue weighted by Gasteiger charge is -2.30. The van der Waals surface area contributed by atoms with Crippen LogP contribution in [0.4, 0.5) is 5.82 Å². The van der Waals surface area contributed by atoms with Crippen LogP contribution in [0.1, 0.15) is 40.0 Å². The van der Waals surface area contributed by atoms with Gasteiger partial charge < -0.3 is 11.1 Å². The van der Waals surface area contributed by atoms with Gasteiger partial charge in [0.25, 0.3) is 0 Å². The summed E-state index contributed by atoms with van der Waals surface area (Å²) in [5.74, 6) is 0.926. The molecular weight excluding hydrogens is 240 g/mol. The van der Waals surface area contributed by atoms with Crippen molar-refractivity contribution in [3.05, 3.63) is 18.3 Å². The largest absolute Gasteiger partial charge is 0.330 e. The van der Waals surface area contributed by atoms with Gasteiger partial charge in [0, 0.05) is 12.6 Å². The molecule has 106 valence electrons. The third-order valence-corrected chi connectivity index (χ3v) is 3.30. The van der Waals surface area contributed by atoms with E-state index >= 15 is 0 Å². The molecule has 0 aliphatic heterocycles. The lowest BCUT2D eigenvalue weighted by Crippen LogP contribution is -2.25. The molecular formula is C14H24N4O. The van der Waals surface area contributed by atoms with E-state index in [0.29, 0.717) is 24.7 Å². The van der Waals surface area contributed by atoms with Crippen molar-refractivity contribution >= 4 is 11.7 Å². The summed E-state index contributed by atoms with van der Waals surface area (Å²) in [6.45, 7) is 7.23. The van der Waals surface area contributed by atoms with Gasteiger partial charge in [-0.1, -0.05) is 20.8 Å². The topological polar surface area (TPSA) is 80.9 Å². The van der Waals surface area contributed by atoms with Crippen molar-refractivity contribution in [2.75, 3.05) is 11.9 Å². The average Bonchev–Trinajstić information content (AvgIpc) is 2.34. The minimum atomic E-state index is -0.0215. The Balaban J connectivity index is 2.44. The van der Waals surface area contributed by atoms with Crippen molar-refractivity contribution in [2.45, 2.75) is 40.0 Å². The highest BCUT2D eigenvalue weighted by Crippen LogP contribution is 2.32. The van der Waals surface area contributed by atoms with Crippen LogP contribution in [0.3, 0.4) is 0 Å². The Kier molecular flexibility index (Phi) is 5.89. The molecule has 0 spiro atoms. The molecule has 0 bridgehead atoms. The van der Waals surface area contributed by atoms with Crippen LogP contribution in [-0.2, 0) is 4.79 Å². The monoisotopic (exact) mass is 264 g/mol. The second-order valence-corrected chi connectivity index (χ2v) is 5.84. The molecule has 5 heteroatoms. The quantitative estimate of drug-likeness (QED) is 0.825. The number of nitrogens with zero attached hydrogens (tertiary/aromatic N) is 2. The van der Waals surface area contributed by atoms with E-state index < -0.39 is 0 Å². The van der Waals surface area contributed by atoms with Crippen molar-refractivity contribution in [3.63, 3.8) is 0 Å². The van der Waals surface area contributed by atoms with Gasteiger partial charge in [0.1, 0.15) is 0 Å². The SMILES string of the molecule is CC(C)(C)C(CCN)CCC(=O)Nc1cccnn1. The van der Waals surface area contributed by atoms with Crippen LogP contribution in [-0.4, -0.2) is 22.6 Å². The highest BCUT2D eigenvalue weighted by Gasteiger charge is 2.24.